The van der Waals surface area contributed by atoms with Gasteiger partial charge in [-0.1, -0.05) is 37.8 Å². The van der Waals surface area contributed by atoms with Gasteiger partial charge in [-0.15, -0.1) is 0 Å². The second kappa shape index (κ2) is 7.43. The van der Waals surface area contributed by atoms with E-state index < -0.39 is 8.07 Å². The second-order valence-corrected chi connectivity index (χ2v) is 11.0. The van der Waals surface area contributed by atoms with Gasteiger partial charge in [-0.25, -0.2) is 0 Å². The zero-order chi connectivity index (χ0) is 13.6. The van der Waals surface area contributed by atoms with Gasteiger partial charge in [-0.3, -0.25) is 0 Å². The molecule has 106 valence electrons. The molecule has 0 spiro atoms. The number of hydrogen-bond donors (Lipinski definition) is 1. The molecule has 1 fully saturated rings. The van der Waals surface area contributed by atoms with Crippen LogP contribution in [0.4, 0.5) is 0 Å². The first-order valence-electron chi connectivity index (χ1n) is 7.07. The Hall–Kier alpha value is -0.163. The van der Waals surface area contributed by atoms with Crippen LogP contribution in [0.2, 0.25) is 19.6 Å². The van der Waals surface area contributed by atoms with E-state index in [1.807, 2.05) is 6.92 Å². The molecule has 2 atom stereocenters. The summed E-state index contributed by atoms with van der Waals surface area (Å²) in [5.74, 6) is 0. The van der Waals surface area contributed by atoms with Crippen molar-refractivity contribution in [2.24, 2.45) is 0 Å². The van der Waals surface area contributed by atoms with Crippen LogP contribution in [-0.4, -0.2) is 38.8 Å². The van der Waals surface area contributed by atoms with Crippen molar-refractivity contribution in [1.29, 1.82) is 0 Å². The van der Waals surface area contributed by atoms with Gasteiger partial charge < -0.3 is 14.6 Å². The molecule has 1 rings (SSSR count). The van der Waals surface area contributed by atoms with Crippen molar-refractivity contribution in [3.05, 3.63) is 11.3 Å². The molecule has 1 N–H and O–H groups in total. The lowest BCUT2D eigenvalue weighted by Crippen LogP contribution is -2.32. The van der Waals surface area contributed by atoms with Crippen LogP contribution in [0.5, 0.6) is 0 Å². The highest BCUT2D eigenvalue weighted by Gasteiger charge is 2.24. The number of aliphatic hydroxyl groups is 1. The standard InChI is InChI=1S/C14H28O3Si/c1-5-12(15)13(18(2,3)4)9-11-17-14-8-6-7-10-16-14/h9,12,14-15H,5-8,10-11H2,1-4H3/b13-9+. The second-order valence-electron chi connectivity index (χ2n) is 5.96. The Morgan fingerprint density at radius 3 is 2.67 bits per heavy atom. The van der Waals surface area contributed by atoms with Crippen LogP contribution >= 0.6 is 0 Å². The smallest absolute Gasteiger partial charge is 0.157 e. The van der Waals surface area contributed by atoms with Crippen molar-refractivity contribution >= 4 is 8.07 Å². The molecule has 3 nitrogen and oxygen atoms in total. The van der Waals surface area contributed by atoms with Crippen molar-refractivity contribution in [1.82, 2.24) is 0 Å². The maximum Gasteiger partial charge on any atom is 0.157 e. The summed E-state index contributed by atoms with van der Waals surface area (Å²) in [7, 11) is -1.47. The number of ether oxygens (including phenoxy) is 2. The average Bonchev–Trinajstić information content (AvgIpc) is 2.33. The quantitative estimate of drug-likeness (QED) is 0.755. The molecule has 1 aliphatic rings. The summed E-state index contributed by atoms with van der Waals surface area (Å²) in [6, 6.07) is 0. The highest BCUT2D eigenvalue weighted by Crippen LogP contribution is 2.21. The van der Waals surface area contributed by atoms with Gasteiger partial charge in [0.25, 0.3) is 0 Å². The van der Waals surface area contributed by atoms with E-state index in [2.05, 4.69) is 25.7 Å². The highest BCUT2D eigenvalue weighted by molar-refractivity contribution is 6.83. The summed E-state index contributed by atoms with van der Waals surface area (Å²) in [6.07, 6.45) is 5.82. The molecule has 0 saturated carbocycles. The van der Waals surface area contributed by atoms with Gasteiger partial charge in [-0.2, -0.15) is 0 Å². The van der Waals surface area contributed by atoms with Gasteiger partial charge in [0.15, 0.2) is 6.29 Å². The highest BCUT2D eigenvalue weighted by atomic mass is 28.3. The normalized spacial score (nSPS) is 24.1. The maximum absolute atomic E-state index is 10.1. The summed E-state index contributed by atoms with van der Waals surface area (Å²) in [5.41, 5.74) is 0. The molecule has 0 bridgehead atoms. The Morgan fingerprint density at radius 1 is 1.44 bits per heavy atom. The van der Waals surface area contributed by atoms with E-state index in [1.165, 1.54) is 11.6 Å². The lowest BCUT2D eigenvalue weighted by Gasteiger charge is -2.26. The van der Waals surface area contributed by atoms with Crippen LogP contribution < -0.4 is 0 Å². The lowest BCUT2D eigenvalue weighted by atomic mass is 10.2. The number of hydrogen-bond acceptors (Lipinski definition) is 3. The molecule has 18 heavy (non-hydrogen) atoms. The summed E-state index contributed by atoms with van der Waals surface area (Å²) < 4.78 is 11.2. The molecular formula is C14H28O3Si. The molecule has 0 amide bonds. The van der Waals surface area contributed by atoms with Gasteiger partial charge in [0.2, 0.25) is 0 Å². The monoisotopic (exact) mass is 272 g/mol. The summed E-state index contributed by atoms with van der Waals surface area (Å²) in [4.78, 5) is 0. The van der Waals surface area contributed by atoms with Gasteiger partial charge >= 0.3 is 0 Å². The Bertz CT molecular complexity index is 265. The minimum Gasteiger partial charge on any atom is -0.389 e. The molecule has 1 saturated heterocycles. The van der Waals surface area contributed by atoms with E-state index in [9.17, 15) is 5.11 Å². The topological polar surface area (TPSA) is 38.7 Å². The molecule has 0 aromatic rings. The fraction of sp³-hybridized carbons (Fsp3) is 0.857. The van der Waals surface area contributed by atoms with Crippen molar-refractivity contribution < 1.29 is 14.6 Å². The third-order valence-corrected chi connectivity index (χ3v) is 5.60. The number of rotatable bonds is 6. The third-order valence-electron chi connectivity index (χ3n) is 3.33. The lowest BCUT2D eigenvalue weighted by molar-refractivity contribution is -0.155. The molecule has 2 unspecified atom stereocenters. The van der Waals surface area contributed by atoms with Crippen molar-refractivity contribution in [3.63, 3.8) is 0 Å². The average molecular weight is 272 g/mol. The zero-order valence-electron chi connectivity index (χ0n) is 12.2. The molecule has 0 aromatic heterocycles. The zero-order valence-corrected chi connectivity index (χ0v) is 13.2. The molecule has 0 radical (unpaired) electrons. The SMILES string of the molecule is CCC(O)/C(=C\COC1CCCCO1)[Si](C)(C)C. The number of aliphatic hydroxyl groups excluding tert-OH is 1. The predicted octanol–water partition coefficient (Wildman–Crippen LogP) is 3.10. The largest absolute Gasteiger partial charge is 0.389 e. The van der Waals surface area contributed by atoms with E-state index >= 15 is 0 Å². The molecule has 0 aromatic carbocycles. The van der Waals surface area contributed by atoms with Gasteiger partial charge in [0, 0.05) is 6.61 Å². The van der Waals surface area contributed by atoms with E-state index in [4.69, 9.17) is 9.47 Å². The van der Waals surface area contributed by atoms with E-state index in [1.54, 1.807) is 0 Å². The van der Waals surface area contributed by atoms with Gasteiger partial charge in [-0.05, 0) is 25.7 Å². The van der Waals surface area contributed by atoms with Crippen molar-refractivity contribution in [2.45, 2.75) is 64.6 Å². The minimum atomic E-state index is -1.47. The molecule has 0 aliphatic carbocycles. The summed E-state index contributed by atoms with van der Waals surface area (Å²) in [6.45, 7) is 10.2. The molecule has 4 heteroatoms. The van der Waals surface area contributed by atoms with Gasteiger partial charge in [0.05, 0.1) is 20.8 Å². The van der Waals surface area contributed by atoms with Gasteiger partial charge in [0.1, 0.15) is 0 Å². The van der Waals surface area contributed by atoms with Crippen LogP contribution in [0.15, 0.2) is 11.3 Å². The first kappa shape index (κ1) is 15.9. The third kappa shape index (κ3) is 5.22. The Balaban J connectivity index is 2.49. The summed E-state index contributed by atoms with van der Waals surface area (Å²) >= 11 is 0. The van der Waals surface area contributed by atoms with Crippen molar-refractivity contribution in [3.8, 4) is 0 Å². The molecular weight excluding hydrogens is 244 g/mol. The van der Waals surface area contributed by atoms with E-state index in [-0.39, 0.29) is 12.4 Å². The van der Waals surface area contributed by atoms with E-state index in [0.29, 0.717) is 6.61 Å². The maximum atomic E-state index is 10.1. The molecule has 1 aliphatic heterocycles. The Kier molecular flexibility index (Phi) is 6.56. The predicted molar refractivity (Wildman–Crippen MR) is 77.3 cm³/mol. The van der Waals surface area contributed by atoms with E-state index in [0.717, 1.165) is 25.9 Å². The summed E-state index contributed by atoms with van der Waals surface area (Å²) in [5, 5.41) is 11.3. The fourth-order valence-electron chi connectivity index (χ4n) is 2.25. The first-order chi connectivity index (χ1) is 8.45. The van der Waals surface area contributed by atoms with Crippen LogP contribution in [0.3, 0.4) is 0 Å². The molecule has 1 heterocycles. The van der Waals surface area contributed by atoms with Crippen LogP contribution in [0.25, 0.3) is 0 Å². The fourth-order valence-corrected chi connectivity index (χ4v) is 4.15. The minimum absolute atomic E-state index is 0.0448. The Labute approximate surface area is 112 Å². The van der Waals surface area contributed by atoms with Crippen LogP contribution in [0.1, 0.15) is 32.6 Å². The Morgan fingerprint density at radius 2 is 2.17 bits per heavy atom. The van der Waals surface area contributed by atoms with Crippen molar-refractivity contribution in [2.75, 3.05) is 13.2 Å². The first-order valence-corrected chi connectivity index (χ1v) is 10.6. The van der Waals surface area contributed by atoms with Crippen LogP contribution in [0, 0.1) is 0 Å². The van der Waals surface area contributed by atoms with Crippen LogP contribution in [-0.2, 0) is 9.47 Å².